The Kier molecular flexibility index (Phi) is 6.66. The number of hydrogen-bond donors (Lipinski definition) is 1. The lowest BCUT2D eigenvalue weighted by Gasteiger charge is -2.24. The molecule has 2 rings (SSSR count). The number of aromatic nitrogens is 1. The number of nitrogens with zero attached hydrogens (tertiary/aromatic N) is 3. The van der Waals surface area contributed by atoms with E-state index in [-0.39, 0.29) is 18.4 Å². The molecule has 0 radical (unpaired) electrons. The van der Waals surface area contributed by atoms with Gasteiger partial charge in [-0.05, 0) is 40.1 Å². The first-order chi connectivity index (χ1) is 11.8. The number of thiazole rings is 1. The van der Waals surface area contributed by atoms with Gasteiger partial charge in [0.25, 0.3) is 5.91 Å². The van der Waals surface area contributed by atoms with E-state index in [0.29, 0.717) is 23.8 Å². The minimum Gasteiger partial charge on any atom is -0.328 e. The number of hydrogen-bond acceptors (Lipinski definition) is 5. The summed E-state index contributed by atoms with van der Waals surface area (Å²) in [6.45, 7) is 5.00. The van der Waals surface area contributed by atoms with E-state index in [1.165, 1.54) is 11.3 Å². The standard InChI is InChI=1S/C18H24N4O2S/c1-13-5-7-15(8-6-13)17(24)22(10-9-21(3)4)11-16(23)20-18-19-14(2)12-25-18/h5-8,12H,9-11H2,1-4H3,(H,19,20,23). The third kappa shape index (κ3) is 5.95. The van der Waals surface area contributed by atoms with E-state index in [9.17, 15) is 9.59 Å². The molecule has 0 aliphatic heterocycles. The Morgan fingerprint density at radius 1 is 1.12 bits per heavy atom. The Morgan fingerprint density at radius 2 is 1.80 bits per heavy atom. The van der Waals surface area contributed by atoms with Gasteiger partial charge in [-0.2, -0.15) is 0 Å². The smallest absolute Gasteiger partial charge is 0.254 e. The fourth-order valence-corrected chi connectivity index (χ4v) is 2.90. The van der Waals surface area contributed by atoms with Crippen LogP contribution in [-0.2, 0) is 4.79 Å². The normalized spacial score (nSPS) is 10.8. The molecule has 1 aromatic heterocycles. The van der Waals surface area contributed by atoms with E-state index in [1.807, 2.05) is 50.4 Å². The molecule has 2 aromatic rings. The van der Waals surface area contributed by atoms with Gasteiger partial charge in [-0.1, -0.05) is 17.7 Å². The maximum atomic E-state index is 12.8. The number of aryl methyl sites for hydroxylation is 2. The zero-order chi connectivity index (χ0) is 18.4. The molecule has 0 unspecified atom stereocenters. The molecule has 134 valence electrons. The minimum atomic E-state index is -0.242. The topological polar surface area (TPSA) is 65.5 Å². The molecule has 6 nitrogen and oxygen atoms in total. The number of likely N-dealkylation sites (N-methyl/N-ethyl adjacent to an activating group) is 1. The molecule has 0 spiro atoms. The van der Waals surface area contributed by atoms with E-state index < -0.39 is 0 Å². The number of carbonyl (C=O) groups excluding carboxylic acids is 2. The van der Waals surface area contributed by atoms with Crippen molar-refractivity contribution >= 4 is 28.3 Å². The second-order valence-electron chi connectivity index (χ2n) is 6.24. The van der Waals surface area contributed by atoms with Crippen molar-refractivity contribution in [1.29, 1.82) is 0 Å². The highest BCUT2D eigenvalue weighted by atomic mass is 32.1. The van der Waals surface area contributed by atoms with Gasteiger partial charge >= 0.3 is 0 Å². The quantitative estimate of drug-likeness (QED) is 0.823. The van der Waals surface area contributed by atoms with E-state index in [2.05, 4.69) is 10.3 Å². The van der Waals surface area contributed by atoms with Gasteiger partial charge in [-0.15, -0.1) is 11.3 Å². The van der Waals surface area contributed by atoms with Gasteiger partial charge in [0.2, 0.25) is 5.91 Å². The van der Waals surface area contributed by atoms with Gasteiger partial charge in [-0.25, -0.2) is 4.98 Å². The predicted molar refractivity (Wildman–Crippen MR) is 101 cm³/mol. The Morgan fingerprint density at radius 3 is 2.36 bits per heavy atom. The summed E-state index contributed by atoms with van der Waals surface area (Å²) in [5.41, 5.74) is 2.54. The molecule has 25 heavy (non-hydrogen) atoms. The summed E-state index contributed by atoms with van der Waals surface area (Å²) in [7, 11) is 3.87. The maximum Gasteiger partial charge on any atom is 0.254 e. The Labute approximate surface area is 152 Å². The molecule has 1 heterocycles. The van der Waals surface area contributed by atoms with Crippen molar-refractivity contribution in [2.75, 3.05) is 39.0 Å². The number of amides is 2. The van der Waals surface area contributed by atoms with Crippen molar-refractivity contribution in [3.8, 4) is 0 Å². The molecular weight excluding hydrogens is 336 g/mol. The summed E-state index contributed by atoms with van der Waals surface area (Å²) in [5, 5.41) is 5.18. The van der Waals surface area contributed by atoms with Crippen LogP contribution in [0.3, 0.4) is 0 Å². The van der Waals surface area contributed by atoms with Crippen LogP contribution < -0.4 is 5.32 Å². The summed E-state index contributed by atoms with van der Waals surface area (Å²) in [6.07, 6.45) is 0. The molecule has 0 bridgehead atoms. The highest BCUT2D eigenvalue weighted by molar-refractivity contribution is 7.13. The zero-order valence-corrected chi connectivity index (χ0v) is 15.9. The second-order valence-corrected chi connectivity index (χ2v) is 7.10. The lowest BCUT2D eigenvalue weighted by atomic mass is 10.1. The van der Waals surface area contributed by atoms with Crippen LogP contribution in [0.5, 0.6) is 0 Å². The number of anilines is 1. The number of carbonyl (C=O) groups is 2. The molecule has 7 heteroatoms. The van der Waals surface area contributed by atoms with Crippen molar-refractivity contribution in [1.82, 2.24) is 14.8 Å². The van der Waals surface area contributed by atoms with E-state index in [0.717, 1.165) is 11.3 Å². The molecular formula is C18H24N4O2S. The lowest BCUT2D eigenvalue weighted by Crippen LogP contribution is -2.41. The SMILES string of the molecule is Cc1ccc(C(=O)N(CCN(C)C)CC(=O)Nc2nc(C)cs2)cc1. The first-order valence-corrected chi connectivity index (χ1v) is 8.96. The van der Waals surface area contributed by atoms with Gasteiger partial charge in [-0.3, -0.25) is 9.59 Å². The van der Waals surface area contributed by atoms with Crippen LogP contribution in [-0.4, -0.2) is 60.3 Å². The Hall–Kier alpha value is -2.25. The molecule has 0 aliphatic carbocycles. The molecule has 1 aromatic carbocycles. The van der Waals surface area contributed by atoms with Crippen LogP contribution in [0.2, 0.25) is 0 Å². The number of nitrogens with one attached hydrogen (secondary N) is 1. The van der Waals surface area contributed by atoms with Crippen LogP contribution in [0.1, 0.15) is 21.6 Å². The molecule has 2 amide bonds. The van der Waals surface area contributed by atoms with Crippen LogP contribution in [0.15, 0.2) is 29.6 Å². The highest BCUT2D eigenvalue weighted by Crippen LogP contribution is 2.14. The molecule has 0 aliphatic rings. The van der Waals surface area contributed by atoms with Gasteiger partial charge in [0.1, 0.15) is 6.54 Å². The third-order valence-corrected chi connectivity index (χ3v) is 4.48. The predicted octanol–water partition coefficient (Wildman–Crippen LogP) is 2.40. The van der Waals surface area contributed by atoms with Gasteiger partial charge in [0.05, 0.1) is 5.69 Å². The molecule has 0 saturated heterocycles. The van der Waals surface area contributed by atoms with Crippen LogP contribution in [0.25, 0.3) is 0 Å². The van der Waals surface area contributed by atoms with E-state index in [4.69, 9.17) is 0 Å². The first kappa shape index (κ1) is 19.1. The summed E-state index contributed by atoms with van der Waals surface area (Å²) < 4.78 is 0. The Bertz CT molecular complexity index is 725. The summed E-state index contributed by atoms with van der Waals surface area (Å²) in [5.74, 6) is -0.388. The summed E-state index contributed by atoms with van der Waals surface area (Å²) in [6, 6.07) is 7.39. The maximum absolute atomic E-state index is 12.8. The average Bonchev–Trinajstić information content (AvgIpc) is 2.96. The summed E-state index contributed by atoms with van der Waals surface area (Å²) in [4.78, 5) is 32.9. The van der Waals surface area contributed by atoms with Crippen molar-refractivity contribution in [3.63, 3.8) is 0 Å². The van der Waals surface area contributed by atoms with Gasteiger partial charge in [0, 0.05) is 24.0 Å². The van der Waals surface area contributed by atoms with Crippen molar-refractivity contribution < 1.29 is 9.59 Å². The molecule has 0 atom stereocenters. The fourth-order valence-electron chi connectivity index (χ4n) is 2.20. The third-order valence-electron chi connectivity index (χ3n) is 3.60. The lowest BCUT2D eigenvalue weighted by molar-refractivity contribution is -0.116. The first-order valence-electron chi connectivity index (χ1n) is 8.08. The molecule has 1 N–H and O–H groups in total. The fraction of sp³-hybridized carbons (Fsp3) is 0.389. The van der Waals surface area contributed by atoms with Crippen LogP contribution in [0.4, 0.5) is 5.13 Å². The van der Waals surface area contributed by atoms with Crippen LogP contribution in [0, 0.1) is 13.8 Å². The highest BCUT2D eigenvalue weighted by Gasteiger charge is 2.19. The van der Waals surface area contributed by atoms with E-state index >= 15 is 0 Å². The Balaban J connectivity index is 2.07. The molecule has 0 saturated carbocycles. The monoisotopic (exact) mass is 360 g/mol. The minimum absolute atomic E-state index is 0.000816. The van der Waals surface area contributed by atoms with Crippen molar-refractivity contribution in [3.05, 3.63) is 46.5 Å². The largest absolute Gasteiger partial charge is 0.328 e. The van der Waals surface area contributed by atoms with E-state index in [1.54, 1.807) is 17.0 Å². The van der Waals surface area contributed by atoms with Gasteiger partial charge < -0.3 is 15.1 Å². The van der Waals surface area contributed by atoms with Gasteiger partial charge in [0.15, 0.2) is 5.13 Å². The van der Waals surface area contributed by atoms with Crippen molar-refractivity contribution in [2.45, 2.75) is 13.8 Å². The number of rotatable bonds is 7. The summed E-state index contributed by atoms with van der Waals surface area (Å²) >= 11 is 1.37. The average molecular weight is 360 g/mol. The molecule has 0 fully saturated rings. The number of benzene rings is 1. The second kappa shape index (κ2) is 8.73. The van der Waals surface area contributed by atoms with Crippen molar-refractivity contribution in [2.24, 2.45) is 0 Å². The zero-order valence-electron chi connectivity index (χ0n) is 15.1. The van der Waals surface area contributed by atoms with Crippen LogP contribution >= 0.6 is 11.3 Å².